The van der Waals surface area contributed by atoms with Gasteiger partial charge in [0.1, 0.15) is 11.6 Å². The Bertz CT molecular complexity index is 1370. The third kappa shape index (κ3) is 5.13. The number of para-hydroxylation sites is 3. The van der Waals surface area contributed by atoms with Gasteiger partial charge < -0.3 is 19.9 Å². The van der Waals surface area contributed by atoms with Crippen LogP contribution in [-0.4, -0.2) is 65.5 Å². The van der Waals surface area contributed by atoms with Crippen molar-refractivity contribution in [3.63, 3.8) is 0 Å². The number of piperidine rings is 1. The molecule has 0 unspecified atom stereocenters. The summed E-state index contributed by atoms with van der Waals surface area (Å²) in [5, 5.41) is 3.43. The van der Waals surface area contributed by atoms with Gasteiger partial charge in [-0.25, -0.2) is 13.8 Å². The maximum atomic E-state index is 14.1. The number of alkyl halides is 2. The number of hydrogen-bond acceptors (Lipinski definition) is 7. The minimum atomic E-state index is -2.74. The molecule has 0 bridgehead atoms. The number of rotatable bonds is 7. The van der Waals surface area contributed by atoms with Crippen molar-refractivity contribution in [1.82, 2.24) is 19.5 Å². The number of anilines is 3. The number of fused-ring (bicyclic) bond motifs is 1. The fraction of sp³-hybridized carbons (Fsp3) is 0.393. The Morgan fingerprint density at radius 3 is 2.32 bits per heavy atom. The normalized spacial score (nSPS) is 16.9. The molecule has 2 aliphatic heterocycles. The molecule has 38 heavy (non-hydrogen) atoms. The quantitative estimate of drug-likeness (QED) is 0.372. The maximum Gasteiger partial charge on any atom is 0.296 e. The van der Waals surface area contributed by atoms with Crippen LogP contribution in [0.1, 0.15) is 25.1 Å². The molecule has 0 radical (unpaired) electrons. The Labute approximate surface area is 220 Å². The van der Waals surface area contributed by atoms with Gasteiger partial charge in [-0.15, -0.1) is 0 Å². The Balaban J connectivity index is 1.26. The molecule has 2 fully saturated rings. The zero-order valence-electron chi connectivity index (χ0n) is 21.1. The minimum Gasteiger partial charge on any atom is -0.378 e. The van der Waals surface area contributed by atoms with Crippen molar-refractivity contribution in [1.29, 1.82) is 0 Å². The first-order valence-corrected chi connectivity index (χ1v) is 13.2. The summed E-state index contributed by atoms with van der Waals surface area (Å²) in [6.07, 6.45) is -0.630. The van der Waals surface area contributed by atoms with Gasteiger partial charge in [0, 0.05) is 44.5 Å². The van der Waals surface area contributed by atoms with Crippen molar-refractivity contribution in [2.75, 3.05) is 61.1 Å². The van der Waals surface area contributed by atoms with Gasteiger partial charge in [-0.05, 0) is 43.0 Å². The summed E-state index contributed by atoms with van der Waals surface area (Å²) < 4.78 is 35.1. The second kappa shape index (κ2) is 10.9. The molecule has 2 aliphatic rings. The van der Waals surface area contributed by atoms with Crippen LogP contribution in [0, 0.1) is 5.92 Å². The molecule has 0 aliphatic carbocycles. The Morgan fingerprint density at radius 1 is 0.842 bits per heavy atom. The van der Waals surface area contributed by atoms with E-state index in [-0.39, 0.29) is 5.82 Å². The van der Waals surface area contributed by atoms with E-state index in [2.05, 4.69) is 44.4 Å². The molecule has 10 heteroatoms. The van der Waals surface area contributed by atoms with E-state index in [1.165, 1.54) is 10.3 Å². The number of benzene rings is 2. The summed E-state index contributed by atoms with van der Waals surface area (Å²) in [7, 11) is 0. The van der Waals surface area contributed by atoms with Crippen molar-refractivity contribution in [2.24, 2.45) is 5.92 Å². The van der Waals surface area contributed by atoms with Crippen LogP contribution in [0.5, 0.6) is 0 Å². The number of nitrogens with zero attached hydrogens (tertiary/aromatic N) is 6. The summed E-state index contributed by atoms with van der Waals surface area (Å²) in [5.74, 6) is 1.66. The molecule has 0 saturated carbocycles. The molecule has 0 spiro atoms. The second-order valence-corrected chi connectivity index (χ2v) is 9.75. The Morgan fingerprint density at radius 2 is 1.55 bits per heavy atom. The van der Waals surface area contributed by atoms with Crippen molar-refractivity contribution >= 4 is 28.5 Å². The lowest BCUT2D eigenvalue weighted by atomic mass is 9.96. The molecule has 0 amide bonds. The summed E-state index contributed by atoms with van der Waals surface area (Å²) >= 11 is 0. The zero-order chi connectivity index (χ0) is 25.9. The summed E-state index contributed by atoms with van der Waals surface area (Å²) in [6, 6.07) is 19.4. The molecular formula is C28H31F2N7O. The van der Waals surface area contributed by atoms with Crippen LogP contribution >= 0.6 is 0 Å². The average Bonchev–Trinajstić information content (AvgIpc) is 3.37. The standard InChI is InChI=1S/C28H31F2N7O/c29-26(30)27-32-22-8-4-5-9-23(22)37(27)25-18-24(36-14-16-38-17-15-36)33-28(34-25)31-19-20-10-12-35(13-11-20)21-6-2-1-3-7-21/h1-9,18,20,26H,10-17,19H2,(H,31,33,34). The number of aromatic nitrogens is 4. The molecule has 8 nitrogen and oxygen atoms in total. The van der Waals surface area contributed by atoms with Crippen LogP contribution in [0.15, 0.2) is 60.7 Å². The van der Waals surface area contributed by atoms with Gasteiger partial charge in [0.05, 0.1) is 24.2 Å². The predicted molar refractivity (Wildman–Crippen MR) is 145 cm³/mol. The number of hydrogen-bond donors (Lipinski definition) is 1. The van der Waals surface area contributed by atoms with Gasteiger partial charge in [0.25, 0.3) is 6.43 Å². The monoisotopic (exact) mass is 519 g/mol. The van der Waals surface area contributed by atoms with E-state index in [0.717, 1.165) is 32.5 Å². The SMILES string of the molecule is FC(F)c1nc2ccccc2n1-c1cc(N2CCOCC2)nc(NCC2CCN(c3ccccc3)CC2)n1. The lowest BCUT2D eigenvalue weighted by Gasteiger charge is -2.33. The summed E-state index contributed by atoms with van der Waals surface area (Å²) in [4.78, 5) is 18.2. The van der Waals surface area contributed by atoms with Crippen LogP contribution in [0.4, 0.5) is 26.2 Å². The van der Waals surface area contributed by atoms with Gasteiger partial charge in [-0.1, -0.05) is 30.3 Å². The van der Waals surface area contributed by atoms with Crippen LogP contribution in [0.3, 0.4) is 0 Å². The van der Waals surface area contributed by atoms with Crippen LogP contribution in [0.2, 0.25) is 0 Å². The third-order valence-electron chi connectivity index (χ3n) is 7.33. The van der Waals surface area contributed by atoms with E-state index in [9.17, 15) is 8.78 Å². The highest BCUT2D eigenvalue weighted by Gasteiger charge is 2.24. The van der Waals surface area contributed by atoms with Crippen LogP contribution in [0.25, 0.3) is 16.9 Å². The van der Waals surface area contributed by atoms with Crippen molar-refractivity contribution < 1.29 is 13.5 Å². The molecule has 2 aromatic carbocycles. The third-order valence-corrected chi connectivity index (χ3v) is 7.33. The molecule has 4 aromatic rings. The molecule has 0 atom stereocenters. The van der Waals surface area contributed by atoms with E-state index in [1.54, 1.807) is 24.3 Å². The molecule has 1 N–H and O–H groups in total. The Hall–Kier alpha value is -3.79. The first-order chi connectivity index (χ1) is 18.7. The highest BCUT2D eigenvalue weighted by Crippen LogP contribution is 2.30. The van der Waals surface area contributed by atoms with E-state index in [4.69, 9.17) is 14.7 Å². The van der Waals surface area contributed by atoms with E-state index in [1.807, 2.05) is 12.1 Å². The van der Waals surface area contributed by atoms with E-state index >= 15 is 0 Å². The summed E-state index contributed by atoms with van der Waals surface area (Å²) in [5.41, 5.74) is 2.36. The predicted octanol–water partition coefficient (Wildman–Crippen LogP) is 4.92. The van der Waals surface area contributed by atoms with Crippen molar-refractivity contribution in [3.8, 4) is 5.82 Å². The van der Waals surface area contributed by atoms with E-state index in [0.29, 0.717) is 60.8 Å². The van der Waals surface area contributed by atoms with Gasteiger partial charge in [-0.2, -0.15) is 9.97 Å². The molecule has 2 aromatic heterocycles. The first kappa shape index (κ1) is 24.5. The lowest BCUT2D eigenvalue weighted by molar-refractivity contribution is 0.122. The lowest BCUT2D eigenvalue weighted by Crippen LogP contribution is -2.37. The number of nitrogens with one attached hydrogen (secondary N) is 1. The number of ether oxygens (including phenoxy) is 1. The molecule has 198 valence electrons. The van der Waals surface area contributed by atoms with Crippen LogP contribution < -0.4 is 15.1 Å². The largest absolute Gasteiger partial charge is 0.378 e. The minimum absolute atomic E-state index is 0.322. The molecule has 6 rings (SSSR count). The van der Waals surface area contributed by atoms with Crippen molar-refractivity contribution in [3.05, 3.63) is 66.5 Å². The number of morpholine rings is 1. The van der Waals surface area contributed by atoms with Gasteiger partial charge in [0.2, 0.25) is 5.95 Å². The smallest absolute Gasteiger partial charge is 0.296 e. The fourth-order valence-electron chi connectivity index (χ4n) is 5.27. The van der Waals surface area contributed by atoms with Crippen LogP contribution in [-0.2, 0) is 4.74 Å². The van der Waals surface area contributed by atoms with Gasteiger partial charge in [0.15, 0.2) is 5.82 Å². The highest BCUT2D eigenvalue weighted by molar-refractivity contribution is 5.78. The van der Waals surface area contributed by atoms with Gasteiger partial charge >= 0.3 is 0 Å². The number of halogens is 2. The average molecular weight is 520 g/mol. The van der Waals surface area contributed by atoms with Gasteiger partial charge in [-0.3, -0.25) is 4.57 Å². The fourth-order valence-corrected chi connectivity index (χ4v) is 5.27. The zero-order valence-corrected chi connectivity index (χ0v) is 21.1. The second-order valence-electron chi connectivity index (χ2n) is 9.75. The molecule has 4 heterocycles. The topological polar surface area (TPSA) is 71.3 Å². The molecular weight excluding hydrogens is 488 g/mol. The first-order valence-electron chi connectivity index (χ1n) is 13.2. The highest BCUT2D eigenvalue weighted by atomic mass is 19.3. The van der Waals surface area contributed by atoms with E-state index < -0.39 is 6.43 Å². The van der Waals surface area contributed by atoms with Crippen molar-refractivity contribution in [2.45, 2.75) is 19.3 Å². The molecule has 2 saturated heterocycles. The maximum absolute atomic E-state index is 14.1. The number of imidazole rings is 1. The Kier molecular flexibility index (Phi) is 7.04. The summed E-state index contributed by atoms with van der Waals surface area (Å²) in [6.45, 7) is 5.27.